The SMILES string of the molecule is COc1ccc(CNC(N)=NCc2cccc(NC(=O)C3CCCO3)c2)cc1OC.I. The van der Waals surface area contributed by atoms with Crippen LogP contribution in [0.15, 0.2) is 47.5 Å². The Bertz CT molecular complexity index is 901. The first-order valence-electron chi connectivity index (χ1n) is 9.85. The molecule has 168 valence electrons. The van der Waals surface area contributed by atoms with Crippen molar-refractivity contribution in [3.63, 3.8) is 0 Å². The van der Waals surface area contributed by atoms with Crippen LogP contribution in [0.3, 0.4) is 0 Å². The van der Waals surface area contributed by atoms with E-state index >= 15 is 0 Å². The van der Waals surface area contributed by atoms with Crippen molar-refractivity contribution in [1.82, 2.24) is 5.32 Å². The molecule has 1 heterocycles. The first-order valence-corrected chi connectivity index (χ1v) is 9.85. The van der Waals surface area contributed by atoms with Crippen molar-refractivity contribution in [2.75, 3.05) is 26.1 Å². The zero-order chi connectivity index (χ0) is 21.3. The summed E-state index contributed by atoms with van der Waals surface area (Å²) in [5, 5.41) is 5.98. The van der Waals surface area contributed by atoms with Gasteiger partial charge in [-0.3, -0.25) is 4.79 Å². The summed E-state index contributed by atoms with van der Waals surface area (Å²) >= 11 is 0. The quantitative estimate of drug-likeness (QED) is 0.270. The number of hydrogen-bond acceptors (Lipinski definition) is 5. The number of aliphatic imine (C=N–C) groups is 1. The molecule has 8 nitrogen and oxygen atoms in total. The molecule has 1 unspecified atom stereocenters. The summed E-state index contributed by atoms with van der Waals surface area (Å²) < 4.78 is 16.0. The number of carbonyl (C=O) groups is 1. The third-order valence-corrected chi connectivity index (χ3v) is 4.77. The second-order valence-corrected chi connectivity index (χ2v) is 6.94. The number of benzene rings is 2. The van der Waals surface area contributed by atoms with Gasteiger partial charge in [-0.05, 0) is 48.2 Å². The summed E-state index contributed by atoms with van der Waals surface area (Å²) in [6.07, 6.45) is 1.32. The van der Waals surface area contributed by atoms with Gasteiger partial charge in [0.2, 0.25) is 0 Å². The number of guanidine groups is 1. The van der Waals surface area contributed by atoms with Crippen LogP contribution < -0.4 is 25.8 Å². The highest BCUT2D eigenvalue weighted by molar-refractivity contribution is 14.0. The van der Waals surface area contributed by atoms with Gasteiger partial charge in [0, 0.05) is 18.8 Å². The number of hydrogen-bond donors (Lipinski definition) is 3. The van der Waals surface area contributed by atoms with Gasteiger partial charge in [-0.1, -0.05) is 18.2 Å². The number of nitrogens with one attached hydrogen (secondary N) is 2. The Morgan fingerprint density at radius 2 is 1.97 bits per heavy atom. The Morgan fingerprint density at radius 3 is 2.68 bits per heavy atom. The summed E-state index contributed by atoms with van der Waals surface area (Å²) in [5.74, 6) is 1.56. The molecule has 1 atom stereocenters. The zero-order valence-electron chi connectivity index (χ0n) is 17.7. The van der Waals surface area contributed by atoms with Gasteiger partial charge in [-0.25, -0.2) is 4.99 Å². The van der Waals surface area contributed by atoms with Crippen LogP contribution in [0.25, 0.3) is 0 Å². The van der Waals surface area contributed by atoms with Gasteiger partial charge in [0.05, 0.1) is 20.8 Å². The molecule has 1 aliphatic heterocycles. The van der Waals surface area contributed by atoms with Crippen LogP contribution >= 0.6 is 24.0 Å². The van der Waals surface area contributed by atoms with Crippen molar-refractivity contribution in [2.45, 2.75) is 32.0 Å². The van der Waals surface area contributed by atoms with Gasteiger partial charge >= 0.3 is 0 Å². The Morgan fingerprint density at radius 1 is 1.16 bits per heavy atom. The minimum atomic E-state index is -0.358. The van der Waals surface area contributed by atoms with Crippen LogP contribution in [0.2, 0.25) is 0 Å². The number of amides is 1. The third-order valence-electron chi connectivity index (χ3n) is 4.77. The van der Waals surface area contributed by atoms with Crippen LogP contribution in [-0.2, 0) is 22.6 Å². The molecule has 4 N–H and O–H groups in total. The van der Waals surface area contributed by atoms with E-state index in [-0.39, 0.29) is 36.0 Å². The molecule has 3 rings (SSSR count). The van der Waals surface area contributed by atoms with E-state index in [0.29, 0.717) is 37.2 Å². The van der Waals surface area contributed by atoms with Gasteiger partial charge in [-0.15, -0.1) is 24.0 Å². The van der Waals surface area contributed by atoms with Crippen molar-refractivity contribution < 1.29 is 19.0 Å². The summed E-state index contributed by atoms with van der Waals surface area (Å²) in [5.41, 5.74) is 8.65. The average molecular weight is 540 g/mol. The first kappa shape index (κ1) is 24.7. The second kappa shape index (κ2) is 12.4. The van der Waals surface area contributed by atoms with E-state index in [1.165, 1.54) is 0 Å². The molecule has 1 saturated heterocycles. The smallest absolute Gasteiger partial charge is 0.253 e. The number of rotatable bonds is 8. The lowest BCUT2D eigenvalue weighted by molar-refractivity contribution is -0.124. The monoisotopic (exact) mass is 540 g/mol. The average Bonchev–Trinajstić information content (AvgIpc) is 3.31. The Balaban J connectivity index is 0.00000341. The Hall–Kier alpha value is -2.53. The molecule has 0 saturated carbocycles. The number of methoxy groups -OCH3 is 2. The van der Waals surface area contributed by atoms with E-state index in [9.17, 15) is 4.79 Å². The second-order valence-electron chi connectivity index (χ2n) is 6.94. The maximum atomic E-state index is 12.2. The lowest BCUT2D eigenvalue weighted by atomic mass is 10.2. The van der Waals surface area contributed by atoms with Crippen LogP contribution in [0.1, 0.15) is 24.0 Å². The van der Waals surface area contributed by atoms with E-state index in [2.05, 4.69) is 15.6 Å². The van der Waals surface area contributed by atoms with E-state index in [4.69, 9.17) is 19.9 Å². The van der Waals surface area contributed by atoms with Crippen LogP contribution in [0.4, 0.5) is 5.69 Å². The predicted molar refractivity (Wildman–Crippen MR) is 131 cm³/mol. The van der Waals surface area contributed by atoms with Crippen LogP contribution in [0.5, 0.6) is 11.5 Å². The maximum Gasteiger partial charge on any atom is 0.253 e. The number of anilines is 1. The van der Waals surface area contributed by atoms with E-state index in [0.717, 1.165) is 29.7 Å². The fourth-order valence-electron chi connectivity index (χ4n) is 3.17. The van der Waals surface area contributed by atoms with Crippen molar-refractivity contribution in [3.8, 4) is 11.5 Å². The van der Waals surface area contributed by atoms with Gasteiger partial charge in [0.25, 0.3) is 5.91 Å². The van der Waals surface area contributed by atoms with Crippen molar-refractivity contribution in [3.05, 3.63) is 53.6 Å². The molecule has 0 aromatic heterocycles. The number of ether oxygens (including phenoxy) is 3. The van der Waals surface area contributed by atoms with Gasteiger partial charge in [-0.2, -0.15) is 0 Å². The number of nitrogens with two attached hydrogens (primary N) is 1. The molecule has 0 radical (unpaired) electrons. The number of nitrogens with zero attached hydrogens (tertiary/aromatic N) is 1. The molecule has 1 amide bonds. The fourth-order valence-corrected chi connectivity index (χ4v) is 3.17. The lowest BCUT2D eigenvalue weighted by Crippen LogP contribution is -2.31. The fraction of sp³-hybridized carbons (Fsp3) is 0.364. The number of carbonyl (C=O) groups excluding carboxylic acids is 1. The number of halogens is 1. The van der Waals surface area contributed by atoms with E-state index < -0.39 is 0 Å². The molecule has 2 aromatic carbocycles. The van der Waals surface area contributed by atoms with Gasteiger partial charge in [0.1, 0.15) is 6.10 Å². The molecule has 1 fully saturated rings. The zero-order valence-corrected chi connectivity index (χ0v) is 20.1. The summed E-state index contributed by atoms with van der Waals surface area (Å²) in [6, 6.07) is 13.2. The normalized spacial score (nSPS) is 15.7. The predicted octanol–water partition coefficient (Wildman–Crippen LogP) is 3.04. The van der Waals surface area contributed by atoms with Crippen LogP contribution in [-0.4, -0.2) is 38.8 Å². The highest BCUT2D eigenvalue weighted by Crippen LogP contribution is 2.27. The van der Waals surface area contributed by atoms with Crippen molar-refractivity contribution in [2.24, 2.45) is 10.7 Å². The topological polar surface area (TPSA) is 107 Å². The molecular weight excluding hydrogens is 511 g/mol. The van der Waals surface area contributed by atoms with E-state index in [1.54, 1.807) is 14.2 Å². The highest BCUT2D eigenvalue weighted by atomic mass is 127. The first-order chi connectivity index (χ1) is 14.6. The summed E-state index contributed by atoms with van der Waals surface area (Å²) in [6.45, 7) is 1.55. The molecule has 0 spiro atoms. The standard InChI is InChI=1S/C22H28N4O4.HI/c1-28-18-9-8-16(12-20(18)29-2)14-25-22(23)24-13-15-5-3-6-17(11-15)26-21(27)19-7-4-10-30-19;/h3,5-6,8-9,11-12,19H,4,7,10,13-14H2,1-2H3,(H,26,27)(H3,23,24,25);1H. The maximum absolute atomic E-state index is 12.2. The highest BCUT2D eigenvalue weighted by Gasteiger charge is 2.23. The third kappa shape index (κ3) is 7.28. The molecule has 2 aromatic rings. The van der Waals surface area contributed by atoms with Crippen LogP contribution in [0, 0.1) is 0 Å². The minimum absolute atomic E-state index is 0. The Labute approximate surface area is 199 Å². The summed E-state index contributed by atoms with van der Waals surface area (Å²) in [4.78, 5) is 16.6. The minimum Gasteiger partial charge on any atom is -0.493 e. The van der Waals surface area contributed by atoms with E-state index in [1.807, 2.05) is 42.5 Å². The molecule has 1 aliphatic rings. The molecule has 31 heavy (non-hydrogen) atoms. The largest absolute Gasteiger partial charge is 0.493 e. The van der Waals surface area contributed by atoms with Crippen molar-refractivity contribution in [1.29, 1.82) is 0 Å². The lowest BCUT2D eigenvalue weighted by Gasteiger charge is -2.11. The molecule has 9 heteroatoms. The van der Waals surface area contributed by atoms with Crippen molar-refractivity contribution >= 4 is 41.5 Å². The molecule has 0 bridgehead atoms. The van der Waals surface area contributed by atoms with Gasteiger partial charge < -0.3 is 30.6 Å². The Kier molecular flexibility index (Phi) is 9.86. The molecular formula is C22H29IN4O4. The van der Waals surface area contributed by atoms with Gasteiger partial charge in [0.15, 0.2) is 17.5 Å². The summed E-state index contributed by atoms with van der Waals surface area (Å²) in [7, 11) is 3.20. The molecule has 0 aliphatic carbocycles.